The fraction of sp³-hybridized carbons (Fsp3) is 0.588. The predicted octanol–water partition coefficient (Wildman–Crippen LogP) is 3.11. The van der Waals surface area contributed by atoms with Gasteiger partial charge in [0.15, 0.2) is 0 Å². The summed E-state index contributed by atoms with van der Waals surface area (Å²) < 4.78 is 0. The number of hydrogen-bond acceptors (Lipinski definition) is 2. The van der Waals surface area contributed by atoms with E-state index in [9.17, 15) is 4.79 Å². The monoisotopic (exact) mass is 272 g/mol. The summed E-state index contributed by atoms with van der Waals surface area (Å²) >= 11 is 0. The van der Waals surface area contributed by atoms with Crippen molar-refractivity contribution in [2.75, 3.05) is 5.32 Å². The molecule has 2 aliphatic rings. The van der Waals surface area contributed by atoms with Crippen LogP contribution >= 0.6 is 0 Å². The number of amides is 1. The van der Waals surface area contributed by atoms with Crippen LogP contribution in [-0.2, 0) is 11.2 Å². The zero-order valence-electron chi connectivity index (χ0n) is 12.4. The lowest BCUT2D eigenvalue weighted by Gasteiger charge is -2.36. The molecule has 3 nitrogen and oxygen atoms in total. The predicted molar refractivity (Wildman–Crippen MR) is 81.7 cm³/mol. The maximum Gasteiger partial charge on any atom is 0.243 e. The summed E-state index contributed by atoms with van der Waals surface area (Å²) in [6, 6.07) is 8.43. The molecule has 0 bridgehead atoms. The van der Waals surface area contributed by atoms with Crippen LogP contribution < -0.4 is 10.6 Å². The molecule has 3 heteroatoms. The molecule has 1 aromatic rings. The highest BCUT2D eigenvalue weighted by Crippen LogP contribution is 2.35. The lowest BCUT2D eigenvalue weighted by molar-refractivity contribution is -0.122. The Morgan fingerprint density at radius 1 is 1.35 bits per heavy atom. The number of fused-ring (bicyclic) bond motifs is 1. The Bertz CT molecular complexity index is 484. The Labute approximate surface area is 121 Å². The van der Waals surface area contributed by atoms with Crippen molar-refractivity contribution in [2.45, 2.75) is 58.0 Å². The first kappa shape index (κ1) is 13.5. The highest BCUT2D eigenvalue weighted by Gasteiger charge is 2.32. The van der Waals surface area contributed by atoms with Gasteiger partial charge in [0.05, 0.1) is 0 Å². The highest BCUT2D eigenvalue weighted by atomic mass is 16.2. The van der Waals surface area contributed by atoms with Crippen molar-refractivity contribution in [1.29, 1.82) is 0 Å². The second-order valence-corrected chi connectivity index (χ2v) is 7.02. The number of benzene rings is 1. The van der Waals surface area contributed by atoms with Crippen LogP contribution in [0.1, 0.15) is 45.1 Å². The van der Waals surface area contributed by atoms with E-state index in [1.54, 1.807) is 0 Å². The summed E-state index contributed by atoms with van der Waals surface area (Å²) in [4.78, 5) is 12.4. The third-order valence-corrected chi connectivity index (χ3v) is 4.64. The minimum Gasteiger partial charge on any atom is -0.373 e. The van der Waals surface area contributed by atoms with E-state index < -0.39 is 0 Å². The molecule has 1 aromatic carbocycles. The normalized spacial score (nSPS) is 27.5. The molecule has 20 heavy (non-hydrogen) atoms. The molecule has 1 fully saturated rings. The van der Waals surface area contributed by atoms with Crippen molar-refractivity contribution in [3.63, 3.8) is 0 Å². The number of hydrogen-bond donors (Lipinski definition) is 2. The van der Waals surface area contributed by atoms with Crippen molar-refractivity contribution >= 4 is 11.6 Å². The lowest BCUT2D eigenvalue weighted by atomic mass is 9.75. The van der Waals surface area contributed by atoms with Gasteiger partial charge in [0.2, 0.25) is 5.91 Å². The van der Waals surface area contributed by atoms with Gasteiger partial charge in [-0.05, 0) is 36.3 Å². The van der Waals surface area contributed by atoms with Gasteiger partial charge in [0.1, 0.15) is 6.04 Å². The maximum atomic E-state index is 12.4. The molecule has 0 radical (unpaired) electrons. The van der Waals surface area contributed by atoms with E-state index in [0.717, 1.165) is 24.9 Å². The fourth-order valence-electron chi connectivity index (χ4n) is 3.58. The topological polar surface area (TPSA) is 41.1 Å². The second kappa shape index (κ2) is 5.12. The van der Waals surface area contributed by atoms with Gasteiger partial charge >= 0.3 is 0 Å². The molecule has 0 spiro atoms. The van der Waals surface area contributed by atoms with Gasteiger partial charge < -0.3 is 10.6 Å². The zero-order valence-corrected chi connectivity index (χ0v) is 12.4. The Morgan fingerprint density at radius 3 is 2.90 bits per heavy atom. The fourth-order valence-corrected chi connectivity index (χ4v) is 3.58. The molecule has 1 unspecified atom stereocenters. The average Bonchev–Trinajstić information content (AvgIpc) is 2.81. The van der Waals surface area contributed by atoms with E-state index in [4.69, 9.17) is 0 Å². The van der Waals surface area contributed by atoms with Gasteiger partial charge in [-0.25, -0.2) is 0 Å². The molecule has 3 rings (SSSR count). The minimum absolute atomic E-state index is 0.0996. The van der Waals surface area contributed by atoms with Gasteiger partial charge in [-0.1, -0.05) is 38.5 Å². The molecule has 1 heterocycles. The van der Waals surface area contributed by atoms with Crippen LogP contribution in [0.2, 0.25) is 0 Å². The average molecular weight is 272 g/mol. The smallest absolute Gasteiger partial charge is 0.243 e. The van der Waals surface area contributed by atoms with Crippen LogP contribution in [0.5, 0.6) is 0 Å². The molecule has 1 aliphatic heterocycles. The minimum atomic E-state index is -0.0996. The van der Waals surface area contributed by atoms with E-state index >= 15 is 0 Å². The second-order valence-electron chi connectivity index (χ2n) is 7.02. The van der Waals surface area contributed by atoms with E-state index in [1.165, 1.54) is 18.4 Å². The van der Waals surface area contributed by atoms with E-state index in [2.05, 4.69) is 30.5 Å². The number of nitrogens with one attached hydrogen (secondary N) is 2. The van der Waals surface area contributed by atoms with Gasteiger partial charge in [0, 0.05) is 18.2 Å². The number of carbonyl (C=O) groups is 1. The first-order valence-electron chi connectivity index (χ1n) is 7.68. The Hall–Kier alpha value is -1.51. The molecule has 0 aromatic heterocycles. The van der Waals surface area contributed by atoms with E-state index in [1.807, 2.05) is 18.2 Å². The summed E-state index contributed by atoms with van der Waals surface area (Å²) in [7, 11) is 0. The van der Waals surface area contributed by atoms with Crippen LogP contribution in [0.4, 0.5) is 5.69 Å². The molecule has 0 saturated heterocycles. The van der Waals surface area contributed by atoms with Crippen LogP contribution in [0, 0.1) is 5.41 Å². The summed E-state index contributed by atoms with van der Waals surface area (Å²) in [6.45, 7) is 4.60. The Balaban J connectivity index is 1.59. The SMILES string of the molecule is CC1(C)CCCC(NC(=O)[C@@H]2Cc3ccccc3N2)C1. The Morgan fingerprint density at radius 2 is 2.15 bits per heavy atom. The number of para-hydroxylation sites is 1. The van der Waals surface area contributed by atoms with Crippen LogP contribution in [-0.4, -0.2) is 18.0 Å². The molecular formula is C17H24N2O. The largest absolute Gasteiger partial charge is 0.373 e. The third-order valence-electron chi connectivity index (χ3n) is 4.64. The first-order chi connectivity index (χ1) is 9.53. The number of rotatable bonds is 2. The van der Waals surface area contributed by atoms with Gasteiger partial charge in [-0.3, -0.25) is 4.79 Å². The molecular weight excluding hydrogens is 248 g/mol. The summed E-state index contributed by atoms with van der Waals surface area (Å²) in [5.41, 5.74) is 2.72. The van der Waals surface area contributed by atoms with Crippen molar-refractivity contribution in [2.24, 2.45) is 5.41 Å². The van der Waals surface area contributed by atoms with Crippen LogP contribution in [0.15, 0.2) is 24.3 Å². The quantitative estimate of drug-likeness (QED) is 0.868. The molecule has 2 N–H and O–H groups in total. The summed E-state index contributed by atoms with van der Waals surface area (Å²) in [5.74, 6) is 0.156. The van der Waals surface area contributed by atoms with Crippen LogP contribution in [0.3, 0.4) is 0 Å². The molecule has 1 saturated carbocycles. The van der Waals surface area contributed by atoms with Crippen molar-refractivity contribution in [3.8, 4) is 0 Å². The number of anilines is 1. The van der Waals surface area contributed by atoms with E-state index in [-0.39, 0.29) is 11.9 Å². The van der Waals surface area contributed by atoms with Crippen molar-refractivity contribution in [1.82, 2.24) is 5.32 Å². The van der Waals surface area contributed by atoms with E-state index in [0.29, 0.717) is 11.5 Å². The molecule has 1 aliphatic carbocycles. The van der Waals surface area contributed by atoms with Crippen molar-refractivity contribution < 1.29 is 4.79 Å². The highest BCUT2D eigenvalue weighted by molar-refractivity contribution is 5.87. The third kappa shape index (κ3) is 2.82. The van der Waals surface area contributed by atoms with Gasteiger partial charge in [-0.15, -0.1) is 0 Å². The van der Waals surface area contributed by atoms with Gasteiger partial charge in [-0.2, -0.15) is 0 Å². The Kier molecular flexibility index (Phi) is 3.45. The standard InChI is InChI=1S/C17H24N2O/c1-17(2)9-5-7-13(11-17)18-16(20)15-10-12-6-3-4-8-14(12)19-15/h3-4,6,8,13,15,19H,5,7,9-11H2,1-2H3,(H,18,20)/t13?,15-/m0/s1. The lowest BCUT2D eigenvalue weighted by Crippen LogP contribution is -2.46. The zero-order chi connectivity index (χ0) is 14.2. The van der Waals surface area contributed by atoms with Crippen LogP contribution in [0.25, 0.3) is 0 Å². The van der Waals surface area contributed by atoms with Gasteiger partial charge in [0.25, 0.3) is 0 Å². The summed E-state index contributed by atoms with van der Waals surface area (Å²) in [6.07, 6.45) is 5.51. The number of carbonyl (C=O) groups excluding carboxylic acids is 1. The molecule has 108 valence electrons. The summed E-state index contributed by atoms with van der Waals surface area (Å²) in [5, 5.41) is 6.58. The molecule has 2 atom stereocenters. The van der Waals surface area contributed by atoms with Crippen molar-refractivity contribution in [3.05, 3.63) is 29.8 Å². The maximum absolute atomic E-state index is 12.4. The molecule has 1 amide bonds. The first-order valence-corrected chi connectivity index (χ1v) is 7.68.